The molecule has 4 rings (SSSR count). The lowest BCUT2D eigenvalue weighted by atomic mass is 9.47. The van der Waals surface area contributed by atoms with Crippen molar-refractivity contribution in [1.82, 2.24) is 0 Å². The second-order valence-corrected chi connectivity index (χ2v) is 13.1. The Morgan fingerprint density at radius 2 is 1.84 bits per heavy atom. The third-order valence-corrected chi connectivity index (χ3v) is 10.5. The fraction of sp³-hybridized carbons (Fsp3) is 0.800. The van der Waals surface area contributed by atoms with Crippen LogP contribution in [0.3, 0.4) is 0 Å². The summed E-state index contributed by atoms with van der Waals surface area (Å²) in [5, 5.41) is 10.3. The lowest BCUT2D eigenvalue weighted by molar-refractivity contribution is -0.0540. The van der Waals surface area contributed by atoms with E-state index in [0.29, 0.717) is 16.7 Å². The lowest BCUT2D eigenvalue weighted by Crippen LogP contribution is -2.50. The molecule has 0 unspecified atom stereocenters. The van der Waals surface area contributed by atoms with Gasteiger partial charge in [-0.2, -0.15) is 0 Å². The summed E-state index contributed by atoms with van der Waals surface area (Å²) in [5.74, 6) is 4.07. The number of hydrogen-bond acceptors (Lipinski definition) is 1. The standard InChI is InChI=1S/C30H48O/c1-8-21(28(3,4)5)10-9-20(2)25-13-14-26-24-12-11-22-19-23(31)15-17-29(22,6)27(24)16-18-30(25,26)7/h8-11,20,23-27,31H,12-19H2,1-7H3/b10-9+,21-8+/t20-,23+,24+,25-,26+,27+,29+,30-/m1/s1. The number of rotatable bonds is 3. The highest BCUT2D eigenvalue weighted by Gasteiger charge is 2.58. The topological polar surface area (TPSA) is 20.2 Å². The van der Waals surface area contributed by atoms with Gasteiger partial charge in [0.1, 0.15) is 0 Å². The highest BCUT2D eigenvalue weighted by molar-refractivity contribution is 5.27. The number of allylic oxidation sites excluding steroid dienone is 5. The van der Waals surface area contributed by atoms with Crippen molar-refractivity contribution in [2.75, 3.05) is 0 Å². The highest BCUT2D eigenvalue weighted by Crippen LogP contribution is 2.67. The first kappa shape index (κ1) is 23.3. The van der Waals surface area contributed by atoms with E-state index in [9.17, 15) is 5.11 Å². The van der Waals surface area contributed by atoms with Gasteiger partial charge in [0, 0.05) is 0 Å². The van der Waals surface area contributed by atoms with Crippen molar-refractivity contribution in [3.63, 3.8) is 0 Å². The first-order chi connectivity index (χ1) is 14.5. The Balaban J connectivity index is 1.53. The molecule has 0 amide bonds. The molecule has 3 fully saturated rings. The predicted molar refractivity (Wildman–Crippen MR) is 133 cm³/mol. The zero-order chi connectivity index (χ0) is 22.6. The minimum Gasteiger partial charge on any atom is -0.393 e. The predicted octanol–water partition coefficient (Wildman–Crippen LogP) is 8.11. The fourth-order valence-corrected chi connectivity index (χ4v) is 8.71. The van der Waals surface area contributed by atoms with Crippen LogP contribution in [-0.4, -0.2) is 11.2 Å². The van der Waals surface area contributed by atoms with E-state index in [1.54, 1.807) is 5.57 Å². The van der Waals surface area contributed by atoms with Crippen LogP contribution in [0.4, 0.5) is 0 Å². The maximum atomic E-state index is 10.3. The monoisotopic (exact) mass is 424 g/mol. The van der Waals surface area contributed by atoms with Gasteiger partial charge < -0.3 is 5.11 Å². The van der Waals surface area contributed by atoms with Crippen molar-refractivity contribution in [1.29, 1.82) is 0 Å². The molecule has 8 atom stereocenters. The molecule has 1 N–H and O–H groups in total. The molecule has 0 spiro atoms. The minimum atomic E-state index is -0.0941. The summed E-state index contributed by atoms with van der Waals surface area (Å²) in [7, 11) is 0. The van der Waals surface area contributed by atoms with Gasteiger partial charge in [-0.25, -0.2) is 0 Å². The molecule has 0 aromatic rings. The average Bonchev–Trinajstić information content (AvgIpc) is 3.05. The maximum Gasteiger partial charge on any atom is 0.0577 e. The summed E-state index contributed by atoms with van der Waals surface area (Å²) in [6.45, 7) is 16.8. The van der Waals surface area contributed by atoms with E-state index >= 15 is 0 Å². The molecule has 0 heterocycles. The van der Waals surface area contributed by atoms with Crippen molar-refractivity contribution >= 4 is 0 Å². The van der Waals surface area contributed by atoms with E-state index in [1.807, 2.05) is 0 Å². The van der Waals surface area contributed by atoms with Gasteiger partial charge in [0.05, 0.1) is 6.10 Å². The molecular weight excluding hydrogens is 376 g/mol. The Morgan fingerprint density at radius 3 is 2.52 bits per heavy atom. The van der Waals surface area contributed by atoms with Crippen molar-refractivity contribution in [2.24, 2.45) is 45.8 Å². The van der Waals surface area contributed by atoms with E-state index in [4.69, 9.17) is 0 Å². The maximum absolute atomic E-state index is 10.3. The van der Waals surface area contributed by atoms with E-state index in [2.05, 4.69) is 72.8 Å². The van der Waals surface area contributed by atoms with E-state index in [1.165, 1.54) is 44.1 Å². The van der Waals surface area contributed by atoms with Crippen molar-refractivity contribution in [3.05, 3.63) is 35.5 Å². The summed E-state index contributed by atoms with van der Waals surface area (Å²) in [5.41, 5.74) is 4.14. The molecule has 4 aliphatic rings. The first-order valence-electron chi connectivity index (χ1n) is 13.2. The summed E-state index contributed by atoms with van der Waals surface area (Å²) in [6, 6.07) is 0. The van der Waals surface area contributed by atoms with Crippen LogP contribution in [0.1, 0.15) is 99.8 Å². The van der Waals surface area contributed by atoms with E-state index in [-0.39, 0.29) is 11.5 Å². The Hall–Kier alpha value is -0.820. The molecule has 0 aromatic carbocycles. The summed E-state index contributed by atoms with van der Waals surface area (Å²) in [6.07, 6.45) is 19.8. The minimum absolute atomic E-state index is 0.0941. The SMILES string of the molecule is C/C=C(\C=C\[C@@H](C)[C@H]1CC[C@H]2[C@@H]3CC=C4C[C@@H](O)CC[C@]4(C)[C@H]3CC[C@]12C)C(C)(C)C. The second kappa shape index (κ2) is 8.19. The van der Waals surface area contributed by atoms with Gasteiger partial charge in [-0.1, -0.05) is 71.4 Å². The molecule has 4 aliphatic carbocycles. The van der Waals surface area contributed by atoms with Gasteiger partial charge in [-0.3, -0.25) is 0 Å². The zero-order valence-electron chi connectivity index (χ0n) is 21.4. The van der Waals surface area contributed by atoms with Gasteiger partial charge >= 0.3 is 0 Å². The fourth-order valence-electron chi connectivity index (χ4n) is 8.71. The normalized spacial score (nSPS) is 44.5. The average molecular weight is 425 g/mol. The molecule has 1 heteroatoms. The number of aliphatic hydroxyl groups excluding tert-OH is 1. The molecule has 174 valence electrons. The molecular formula is C30H48O. The first-order valence-corrected chi connectivity index (χ1v) is 13.2. The van der Waals surface area contributed by atoms with Gasteiger partial charge in [0.25, 0.3) is 0 Å². The van der Waals surface area contributed by atoms with Crippen LogP contribution in [0.5, 0.6) is 0 Å². The van der Waals surface area contributed by atoms with Gasteiger partial charge in [0.15, 0.2) is 0 Å². The van der Waals surface area contributed by atoms with Gasteiger partial charge in [-0.15, -0.1) is 0 Å². The third kappa shape index (κ3) is 3.92. The molecule has 1 nitrogen and oxygen atoms in total. The lowest BCUT2D eigenvalue weighted by Gasteiger charge is -2.58. The van der Waals surface area contributed by atoms with Crippen molar-refractivity contribution in [2.45, 2.75) is 106 Å². The van der Waals surface area contributed by atoms with Crippen LogP contribution in [0.15, 0.2) is 35.5 Å². The van der Waals surface area contributed by atoms with Crippen LogP contribution in [0.2, 0.25) is 0 Å². The zero-order valence-corrected chi connectivity index (χ0v) is 21.4. The van der Waals surface area contributed by atoms with E-state index < -0.39 is 0 Å². The molecule has 0 bridgehead atoms. The Morgan fingerprint density at radius 1 is 1.10 bits per heavy atom. The summed E-state index contributed by atoms with van der Waals surface area (Å²) in [4.78, 5) is 0. The molecule has 0 radical (unpaired) electrons. The largest absolute Gasteiger partial charge is 0.393 e. The Bertz CT molecular complexity index is 764. The van der Waals surface area contributed by atoms with Crippen molar-refractivity contribution in [3.8, 4) is 0 Å². The molecule has 0 saturated heterocycles. The van der Waals surface area contributed by atoms with Crippen LogP contribution in [0.25, 0.3) is 0 Å². The van der Waals surface area contributed by atoms with Crippen LogP contribution in [-0.2, 0) is 0 Å². The van der Waals surface area contributed by atoms with Crippen LogP contribution >= 0.6 is 0 Å². The summed E-state index contributed by atoms with van der Waals surface area (Å²) < 4.78 is 0. The molecule has 0 aromatic heterocycles. The number of hydrogen-bond donors (Lipinski definition) is 1. The Kier molecular flexibility index (Phi) is 6.17. The number of fused-ring (bicyclic) bond motifs is 5. The van der Waals surface area contributed by atoms with E-state index in [0.717, 1.165) is 36.5 Å². The molecule has 31 heavy (non-hydrogen) atoms. The van der Waals surface area contributed by atoms with Gasteiger partial charge in [-0.05, 0) is 110 Å². The quantitative estimate of drug-likeness (QED) is 0.358. The smallest absolute Gasteiger partial charge is 0.0577 e. The van der Waals surface area contributed by atoms with Crippen LogP contribution < -0.4 is 0 Å². The molecule has 0 aliphatic heterocycles. The van der Waals surface area contributed by atoms with Gasteiger partial charge in [0.2, 0.25) is 0 Å². The second-order valence-electron chi connectivity index (χ2n) is 13.1. The summed E-state index contributed by atoms with van der Waals surface area (Å²) >= 11 is 0. The van der Waals surface area contributed by atoms with Crippen molar-refractivity contribution < 1.29 is 5.11 Å². The highest BCUT2D eigenvalue weighted by atomic mass is 16.3. The third-order valence-electron chi connectivity index (χ3n) is 10.5. The van der Waals surface area contributed by atoms with Crippen LogP contribution in [0, 0.1) is 45.8 Å². The number of aliphatic hydroxyl groups is 1. The molecule has 3 saturated carbocycles. The Labute approximate surface area is 192 Å².